The van der Waals surface area contributed by atoms with Gasteiger partial charge < -0.3 is 0 Å². The third kappa shape index (κ3) is 2.15. The van der Waals surface area contributed by atoms with E-state index in [0.717, 1.165) is 5.69 Å². The smallest absolute Gasteiger partial charge is 0.200 e. The SMILES string of the molecule is Fc1cccc(-c2n[nH]c(=S)n2-c2ccccc2)c1Cl. The topological polar surface area (TPSA) is 33.6 Å². The molecule has 2 aromatic carbocycles. The van der Waals surface area contributed by atoms with E-state index in [2.05, 4.69) is 10.2 Å². The molecule has 0 aliphatic carbocycles. The second-order valence-corrected chi connectivity index (χ2v) is 4.89. The summed E-state index contributed by atoms with van der Waals surface area (Å²) < 4.78 is 15.7. The molecule has 20 heavy (non-hydrogen) atoms. The van der Waals surface area contributed by atoms with Crippen molar-refractivity contribution in [1.29, 1.82) is 0 Å². The minimum Gasteiger partial charge on any atom is -0.268 e. The van der Waals surface area contributed by atoms with Crippen molar-refractivity contribution in [3.05, 3.63) is 64.1 Å². The Kier molecular flexibility index (Phi) is 3.38. The van der Waals surface area contributed by atoms with Crippen molar-refractivity contribution in [2.75, 3.05) is 0 Å². The van der Waals surface area contributed by atoms with E-state index in [-0.39, 0.29) is 5.02 Å². The number of hydrogen-bond donors (Lipinski definition) is 1. The predicted octanol–water partition coefficient (Wildman–Crippen LogP) is 4.39. The summed E-state index contributed by atoms with van der Waals surface area (Å²) in [5, 5.41) is 6.90. The molecule has 6 heteroatoms. The molecule has 1 heterocycles. The molecule has 0 saturated heterocycles. The molecule has 0 bridgehead atoms. The van der Waals surface area contributed by atoms with Crippen LogP contribution in [-0.2, 0) is 0 Å². The maximum absolute atomic E-state index is 13.6. The van der Waals surface area contributed by atoms with E-state index in [9.17, 15) is 4.39 Å². The van der Waals surface area contributed by atoms with Gasteiger partial charge in [-0.05, 0) is 36.5 Å². The second-order valence-electron chi connectivity index (χ2n) is 4.12. The summed E-state index contributed by atoms with van der Waals surface area (Å²) in [7, 11) is 0. The lowest BCUT2D eigenvalue weighted by Gasteiger charge is -2.08. The molecular weight excluding hydrogens is 297 g/mol. The zero-order valence-corrected chi connectivity index (χ0v) is 11.7. The Bertz CT molecular complexity index is 811. The van der Waals surface area contributed by atoms with Gasteiger partial charge in [0.25, 0.3) is 0 Å². The minimum atomic E-state index is -0.488. The predicted molar refractivity (Wildman–Crippen MR) is 79.2 cm³/mol. The van der Waals surface area contributed by atoms with Crippen molar-refractivity contribution in [1.82, 2.24) is 14.8 Å². The molecule has 0 saturated carbocycles. The zero-order chi connectivity index (χ0) is 14.1. The first-order chi connectivity index (χ1) is 9.68. The van der Waals surface area contributed by atoms with Crippen LogP contribution in [0.2, 0.25) is 5.02 Å². The number of halogens is 2. The average molecular weight is 306 g/mol. The second kappa shape index (κ2) is 5.19. The largest absolute Gasteiger partial charge is 0.268 e. The van der Waals surface area contributed by atoms with Crippen LogP contribution in [-0.4, -0.2) is 14.8 Å². The molecule has 0 radical (unpaired) electrons. The number of hydrogen-bond acceptors (Lipinski definition) is 2. The standard InChI is InChI=1S/C14H9ClFN3S/c15-12-10(7-4-8-11(12)16)13-17-18-14(20)19(13)9-5-2-1-3-6-9/h1-8H,(H,18,20). The Labute approximate surface area is 124 Å². The third-order valence-electron chi connectivity index (χ3n) is 2.88. The van der Waals surface area contributed by atoms with Crippen molar-refractivity contribution < 1.29 is 4.39 Å². The van der Waals surface area contributed by atoms with Gasteiger partial charge in [-0.25, -0.2) is 4.39 Å². The molecule has 3 nitrogen and oxygen atoms in total. The van der Waals surface area contributed by atoms with Gasteiger partial charge in [-0.3, -0.25) is 9.67 Å². The van der Waals surface area contributed by atoms with Crippen molar-refractivity contribution >= 4 is 23.8 Å². The van der Waals surface area contributed by atoms with E-state index >= 15 is 0 Å². The normalized spacial score (nSPS) is 10.7. The van der Waals surface area contributed by atoms with Gasteiger partial charge in [-0.2, -0.15) is 5.10 Å². The molecule has 0 fully saturated rings. The number of aromatic nitrogens is 3. The molecular formula is C14H9ClFN3S. The van der Waals surface area contributed by atoms with Crippen LogP contribution >= 0.6 is 23.8 Å². The lowest BCUT2D eigenvalue weighted by atomic mass is 10.2. The van der Waals surface area contributed by atoms with E-state index < -0.39 is 5.82 Å². The number of nitrogens with zero attached hydrogens (tertiary/aromatic N) is 2. The van der Waals surface area contributed by atoms with Crippen molar-refractivity contribution in [3.8, 4) is 17.1 Å². The average Bonchev–Trinajstić information content (AvgIpc) is 2.84. The number of H-pyrrole nitrogens is 1. The lowest BCUT2D eigenvalue weighted by Crippen LogP contribution is -1.98. The van der Waals surface area contributed by atoms with Gasteiger partial charge in [-0.15, -0.1) is 0 Å². The summed E-state index contributed by atoms with van der Waals surface area (Å²) >= 11 is 11.3. The highest BCUT2D eigenvalue weighted by Gasteiger charge is 2.15. The molecule has 1 aromatic heterocycles. The number of benzene rings is 2. The fraction of sp³-hybridized carbons (Fsp3) is 0. The maximum Gasteiger partial charge on any atom is 0.200 e. The Morgan fingerprint density at radius 3 is 2.60 bits per heavy atom. The van der Waals surface area contributed by atoms with Crippen LogP contribution in [0.4, 0.5) is 4.39 Å². The van der Waals surface area contributed by atoms with Crippen LogP contribution in [0, 0.1) is 10.6 Å². The molecule has 0 aliphatic heterocycles. The van der Waals surface area contributed by atoms with E-state index in [1.165, 1.54) is 6.07 Å². The summed E-state index contributed by atoms with van der Waals surface area (Å²) in [4.78, 5) is 0. The first-order valence-corrected chi connectivity index (χ1v) is 6.64. The number of aromatic amines is 1. The molecule has 0 spiro atoms. The van der Waals surface area contributed by atoms with Gasteiger partial charge in [0.2, 0.25) is 0 Å². The summed E-state index contributed by atoms with van der Waals surface area (Å²) in [5.41, 5.74) is 1.32. The van der Waals surface area contributed by atoms with Crippen molar-refractivity contribution in [2.45, 2.75) is 0 Å². The van der Waals surface area contributed by atoms with Crippen molar-refractivity contribution in [3.63, 3.8) is 0 Å². The van der Waals surface area contributed by atoms with Crippen LogP contribution in [0.15, 0.2) is 48.5 Å². The summed E-state index contributed by atoms with van der Waals surface area (Å²) in [6.45, 7) is 0. The monoisotopic (exact) mass is 305 g/mol. The maximum atomic E-state index is 13.6. The molecule has 3 aromatic rings. The van der Waals surface area contributed by atoms with E-state index in [4.69, 9.17) is 23.8 Å². The highest BCUT2D eigenvalue weighted by atomic mass is 35.5. The molecule has 1 N–H and O–H groups in total. The highest BCUT2D eigenvalue weighted by molar-refractivity contribution is 7.71. The number of para-hydroxylation sites is 1. The molecule has 0 atom stereocenters. The molecule has 0 unspecified atom stereocenters. The van der Waals surface area contributed by atoms with E-state index in [1.807, 2.05) is 30.3 Å². The van der Waals surface area contributed by atoms with Crippen LogP contribution in [0.3, 0.4) is 0 Å². The van der Waals surface area contributed by atoms with Crippen LogP contribution < -0.4 is 0 Å². The van der Waals surface area contributed by atoms with Crippen molar-refractivity contribution in [2.24, 2.45) is 0 Å². The minimum absolute atomic E-state index is 0.0266. The van der Waals surface area contributed by atoms with E-state index in [0.29, 0.717) is 16.2 Å². The zero-order valence-electron chi connectivity index (χ0n) is 10.2. The number of rotatable bonds is 2. The molecule has 0 aliphatic rings. The van der Waals surface area contributed by atoms with Crippen LogP contribution in [0.1, 0.15) is 0 Å². The van der Waals surface area contributed by atoms with Gasteiger partial charge in [0.1, 0.15) is 5.82 Å². The Hall–Kier alpha value is -1.98. The van der Waals surface area contributed by atoms with Crippen LogP contribution in [0.5, 0.6) is 0 Å². The van der Waals surface area contributed by atoms with Gasteiger partial charge in [0, 0.05) is 11.3 Å². The number of nitrogens with one attached hydrogen (secondary N) is 1. The highest BCUT2D eigenvalue weighted by Crippen LogP contribution is 2.30. The fourth-order valence-electron chi connectivity index (χ4n) is 1.97. The molecule has 100 valence electrons. The van der Waals surface area contributed by atoms with Crippen LogP contribution in [0.25, 0.3) is 17.1 Å². The molecule has 0 amide bonds. The van der Waals surface area contributed by atoms with Gasteiger partial charge in [-0.1, -0.05) is 35.9 Å². The lowest BCUT2D eigenvalue weighted by molar-refractivity contribution is 0.628. The van der Waals surface area contributed by atoms with E-state index in [1.54, 1.807) is 16.7 Å². The first kappa shape index (κ1) is 13.0. The first-order valence-electron chi connectivity index (χ1n) is 5.85. The van der Waals surface area contributed by atoms with Gasteiger partial charge in [0.15, 0.2) is 10.6 Å². The Morgan fingerprint density at radius 1 is 1.10 bits per heavy atom. The third-order valence-corrected chi connectivity index (χ3v) is 3.54. The fourth-order valence-corrected chi connectivity index (χ4v) is 2.42. The quantitative estimate of drug-likeness (QED) is 0.712. The van der Waals surface area contributed by atoms with Gasteiger partial charge in [0.05, 0.1) is 5.02 Å². The summed E-state index contributed by atoms with van der Waals surface area (Å²) in [6, 6.07) is 14.1. The summed E-state index contributed by atoms with van der Waals surface area (Å²) in [6.07, 6.45) is 0. The Morgan fingerprint density at radius 2 is 1.85 bits per heavy atom. The Balaban J connectivity index is 2.27. The molecule has 3 rings (SSSR count). The van der Waals surface area contributed by atoms with Gasteiger partial charge >= 0.3 is 0 Å². The summed E-state index contributed by atoms with van der Waals surface area (Å²) in [5.74, 6) is -0.0107.